The maximum Gasteiger partial charge on any atom is 0.0837 e. The Morgan fingerprint density at radius 3 is 2.53 bits per heavy atom. The van der Waals surface area contributed by atoms with Gasteiger partial charge >= 0.3 is 0 Å². The fourth-order valence-corrected chi connectivity index (χ4v) is 2.79. The quantitative estimate of drug-likeness (QED) is 0.711. The fraction of sp³-hybridized carbons (Fsp3) is 0.600. The lowest BCUT2D eigenvalue weighted by molar-refractivity contribution is 0.253. The Hall–Kier alpha value is -1.18. The summed E-state index contributed by atoms with van der Waals surface area (Å²) in [6, 6.07) is 6.49. The molecule has 0 N–H and O–H groups in total. The first kappa shape index (κ1) is 12.3. The minimum atomic E-state index is 0.478. The van der Waals surface area contributed by atoms with Crippen LogP contribution in [0.4, 0.5) is 0 Å². The molecule has 0 aliphatic heterocycles. The highest BCUT2D eigenvalue weighted by molar-refractivity contribution is 5.97. The van der Waals surface area contributed by atoms with Crippen LogP contribution in [0.3, 0.4) is 0 Å². The summed E-state index contributed by atoms with van der Waals surface area (Å²) >= 11 is 0. The molecular weight excluding hydrogens is 208 g/mol. The van der Waals surface area contributed by atoms with Crippen LogP contribution in [0.15, 0.2) is 29.4 Å². The van der Waals surface area contributed by atoms with E-state index in [4.69, 9.17) is 4.99 Å². The lowest BCUT2D eigenvalue weighted by Gasteiger charge is -2.32. The summed E-state index contributed by atoms with van der Waals surface area (Å²) in [7, 11) is 0. The summed E-state index contributed by atoms with van der Waals surface area (Å²) in [6.45, 7) is 6.74. The molecule has 92 valence electrons. The molecule has 0 bridgehead atoms. The van der Waals surface area contributed by atoms with Crippen molar-refractivity contribution in [3.05, 3.63) is 30.1 Å². The van der Waals surface area contributed by atoms with Crippen molar-refractivity contribution in [1.82, 2.24) is 4.98 Å². The Morgan fingerprint density at radius 2 is 1.94 bits per heavy atom. The predicted octanol–water partition coefficient (Wildman–Crippen LogP) is 3.72. The van der Waals surface area contributed by atoms with Crippen LogP contribution in [0.5, 0.6) is 0 Å². The number of pyridine rings is 1. The molecule has 1 heterocycles. The van der Waals surface area contributed by atoms with Gasteiger partial charge in [-0.1, -0.05) is 26.3 Å². The second-order valence-electron chi connectivity index (χ2n) is 5.31. The molecule has 0 amide bonds. The Bertz CT molecular complexity index is 373. The highest BCUT2D eigenvalue weighted by Gasteiger charge is 2.27. The second-order valence-corrected chi connectivity index (χ2v) is 5.31. The van der Waals surface area contributed by atoms with E-state index in [1.807, 2.05) is 24.4 Å². The molecule has 1 aromatic heterocycles. The van der Waals surface area contributed by atoms with Crippen molar-refractivity contribution in [3.63, 3.8) is 0 Å². The minimum absolute atomic E-state index is 0.478. The van der Waals surface area contributed by atoms with Gasteiger partial charge in [-0.15, -0.1) is 0 Å². The Morgan fingerprint density at radius 1 is 1.24 bits per heavy atom. The van der Waals surface area contributed by atoms with Crippen LogP contribution < -0.4 is 0 Å². The van der Waals surface area contributed by atoms with E-state index in [1.54, 1.807) is 0 Å². The molecule has 2 heteroatoms. The third-order valence-electron chi connectivity index (χ3n) is 3.86. The van der Waals surface area contributed by atoms with E-state index in [2.05, 4.69) is 25.8 Å². The highest BCUT2D eigenvalue weighted by Crippen LogP contribution is 2.31. The third-order valence-corrected chi connectivity index (χ3v) is 3.86. The molecule has 1 aromatic rings. The van der Waals surface area contributed by atoms with Gasteiger partial charge in [-0.05, 0) is 43.7 Å². The molecular formula is C15H22N2. The summed E-state index contributed by atoms with van der Waals surface area (Å²) < 4.78 is 0. The van der Waals surface area contributed by atoms with Crippen LogP contribution in [0.2, 0.25) is 0 Å². The first-order chi connectivity index (χ1) is 8.18. The van der Waals surface area contributed by atoms with Crippen molar-refractivity contribution >= 4 is 5.71 Å². The van der Waals surface area contributed by atoms with Gasteiger partial charge in [0.05, 0.1) is 17.4 Å². The van der Waals surface area contributed by atoms with Crippen LogP contribution >= 0.6 is 0 Å². The first-order valence-electron chi connectivity index (χ1n) is 6.64. The molecule has 0 aromatic carbocycles. The van der Waals surface area contributed by atoms with Crippen molar-refractivity contribution in [1.29, 1.82) is 0 Å². The van der Waals surface area contributed by atoms with Crippen LogP contribution in [-0.2, 0) is 0 Å². The van der Waals surface area contributed by atoms with Crippen LogP contribution in [0.25, 0.3) is 0 Å². The highest BCUT2D eigenvalue weighted by atomic mass is 14.8. The van der Waals surface area contributed by atoms with E-state index in [1.165, 1.54) is 19.3 Å². The largest absolute Gasteiger partial charge is 0.284 e. The summed E-state index contributed by atoms with van der Waals surface area (Å²) in [5.41, 5.74) is 2.09. The number of nitrogens with zero attached hydrogens (tertiary/aromatic N) is 2. The Labute approximate surface area is 104 Å². The van der Waals surface area contributed by atoms with Gasteiger partial charge in [-0.3, -0.25) is 9.98 Å². The molecule has 2 atom stereocenters. The zero-order valence-electron chi connectivity index (χ0n) is 11.1. The maximum absolute atomic E-state index is 4.92. The summed E-state index contributed by atoms with van der Waals surface area (Å²) in [5.74, 6) is 1.41. The fourth-order valence-electron chi connectivity index (χ4n) is 2.79. The van der Waals surface area contributed by atoms with Gasteiger partial charge in [0, 0.05) is 6.20 Å². The Balaban J connectivity index is 2.17. The summed E-state index contributed by atoms with van der Waals surface area (Å²) in [4.78, 5) is 9.29. The van der Waals surface area contributed by atoms with Gasteiger partial charge in [0.25, 0.3) is 0 Å². The first-order valence-corrected chi connectivity index (χ1v) is 6.64. The van der Waals surface area contributed by atoms with Crippen molar-refractivity contribution < 1.29 is 0 Å². The van der Waals surface area contributed by atoms with Crippen LogP contribution in [-0.4, -0.2) is 16.7 Å². The molecule has 0 radical (unpaired) electrons. The zero-order chi connectivity index (χ0) is 12.3. The average Bonchev–Trinajstić information content (AvgIpc) is 2.35. The van der Waals surface area contributed by atoms with Crippen molar-refractivity contribution in [3.8, 4) is 0 Å². The lowest BCUT2D eigenvalue weighted by Crippen LogP contribution is -2.29. The second kappa shape index (κ2) is 5.44. The van der Waals surface area contributed by atoms with Crippen LogP contribution in [0.1, 0.15) is 45.7 Å². The van der Waals surface area contributed by atoms with Crippen LogP contribution in [0, 0.1) is 11.8 Å². The van der Waals surface area contributed by atoms with E-state index < -0.39 is 0 Å². The van der Waals surface area contributed by atoms with Gasteiger partial charge in [0.2, 0.25) is 0 Å². The molecule has 1 aliphatic carbocycles. The molecule has 1 fully saturated rings. The molecule has 2 rings (SSSR count). The summed E-state index contributed by atoms with van der Waals surface area (Å²) in [6.07, 6.45) is 5.82. The monoisotopic (exact) mass is 230 g/mol. The Kier molecular flexibility index (Phi) is 3.93. The normalized spacial score (nSPS) is 30.3. The smallest absolute Gasteiger partial charge is 0.0837 e. The summed E-state index contributed by atoms with van der Waals surface area (Å²) in [5, 5.41) is 0. The predicted molar refractivity (Wildman–Crippen MR) is 72.4 cm³/mol. The number of hydrogen-bond donors (Lipinski definition) is 0. The van der Waals surface area contributed by atoms with Gasteiger partial charge in [0.1, 0.15) is 0 Å². The maximum atomic E-state index is 4.92. The molecule has 0 saturated heterocycles. The van der Waals surface area contributed by atoms with Crippen molar-refractivity contribution in [2.45, 2.75) is 46.1 Å². The van der Waals surface area contributed by atoms with Gasteiger partial charge in [-0.2, -0.15) is 0 Å². The average molecular weight is 230 g/mol. The number of aromatic nitrogens is 1. The molecule has 1 aliphatic rings. The SMILES string of the molecule is CC(=NC1C(C)CCCC1C)c1ccccn1. The molecule has 17 heavy (non-hydrogen) atoms. The van der Waals surface area contributed by atoms with Crippen molar-refractivity contribution in [2.75, 3.05) is 0 Å². The minimum Gasteiger partial charge on any atom is -0.284 e. The standard InChI is InChI=1S/C15H22N2/c1-11-7-6-8-12(2)15(11)17-13(3)14-9-4-5-10-16-14/h4-5,9-12,15H,6-8H2,1-3H3. The third kappa shape index (κ3) is 2.93. The van der Waals surface area contributed by atoms with Gasteiger partial charge in [-0.25, -0.2) is 0 Å². The van der Waals surface area contributed by atoms with E-state index in [0.29, 0.717) is 17.9 Å². The molecule has 2 nitrogen and oxygen atoms in total. The number of aliphatic imine (C=N–C) groups is 1. The van der Waals surface area contributed by atoms with E-state index >= 15 is 0 Å². The van der Waals surface area contributed by atoms with Gasteiger partial charge in [0.15, 0.2) is 0 Å². The topological polar surface area (TPSA) is 25.2 Å². The number of rotatable bonds is 2. The molecule has 1 saturated carbocycles. The van der Waals surface area contributed by atoms with E-state index in [9.17, 15) is 0 Å². The van der Waals surface area contributed by atoms with E-state index in [0.717, 1.165) is 11.4 Å². The van der Waals surface area contributed by atoms with Crippen molar-refractivity contribution in [2.24, 2.45) is 16.8 Å². The van der Waals surface area contributed by atoms with Gasteiger partial charge < -0.3 is 0 Å². The number of hydrogen-bond acceptors (Lipinski definition) is 2. The lowest BCUT2D eigenvalue weighted by atomic mass is 9.79. The molecule has 2 unspecified atom stereocenters. The molecule has 0 spiro atoms. The zero-order valence-corrected chi connectivity index (χ0v) is 11.1. The van der Waals surface area contributed by atoms with E-state index in [-0.39, 0.29) is 0 Å².